The minimum Gasteiger partial charge on any atom is -0.316 e. The Morgan fingerprint density at radius 1 is 1.47 bits per heavy atom. The summed E-state index contributed by atoms with van der Waals surface area (Å²) in [5.41, 5.74) is 1.03. The van der Waals surface area contributed by atoms with E-state index in [4.69, 9.17) is 0 Å². The molecule has 0 radical (unpaired) electrons. The summed E-state index contributed by atoms with van der Waals surface area (Å²) in [5, 5.41) is 4.97. The number of rotatable bonds is 5. The fourth-order valence-corrected chi connectivity index (χ4v) is 6.02. The first-order valence-electron chi connectivity index (χ1n) is 6.76. The lowest BCUT2D eigenvalue weighted by molar-refractivity contribution is 0.329. The number of thiophene rings is 1. The molecule has 108 valence electrons. The van der Waals surface area contributed by atoms with Gasteiger partial charge in [0.25, 0.3) is 10.0 Å². The van der Waals surface area contributed by atoms with Crippen LogP contribution < -0.4 is 5.32 Å². The molecule has 0 bridgehead atoms. The second-order valence-electron chi connectivity index (χ2n) is 5.13. The lowest BCUT2D eigenvalue weighted by Crippen LogP contribution is -2.39. The zero-order chi connectivity index (χ0) is 14.0. The monoisotopic (exact) mass is 302 g/mol. The maximum atomic E-state index is 12.7. The molecule has 0 amide bonds. The largest absolute Gasteiger partial charge is 0.316 e. The second kappa shape index (κ2) is 5.91. The Labute approximate surface area is 119 Å². The Balaban J connectivity index is 2.30. The van der Waals surface area contributed by atoms with Gasteiger partial charge in [-0.05, 0) is 50.2 Å². The smallest absolute Gasteiger partial charge is 0.253 e. The molecule has 4 nitrogen and oxygen atoms in total. The summed E-state index contributed by atoms with van der Waals surface area (Å²) in [4.78, 5) is 0. The summed E-state index contributed by atoms with van der Waals surface area (Å²) < 4.78 is 27.7. The normalized spacial score (nSPS) is 25.0. The van der Waals surface area contributed by atoms with Crippen molar-refractivity contribution in [2.24, 2.45) is 0 Å². The van der Waals surface area contributed by atoms with Gasteiger partial charge >= 0.3 is 0 Å². The van der Waals surface area contributed by atoms with Crippen LogP contribution in [0.5, 0.6) is 0 Å². The highest BCUT2D eigenvalue weighted by Crippen LogP contribution is 2.34. The number of hydrogen-bond donors (Lipinski definition) is 1. The molecule has 0 aliphatic carbocycles. The minimum atomic E-state index is -3.32. The van der Waals surface area contributed by atoms with Crippen LogP contribution in [-0.2, 0) is 16.6 Å². The Kier molecular flexibility index (Phi) is 4.66. The number of sulfonamides is 1. The Morgan fingerprint density at radius 2 is 2.21 bits per heavy atom. The molecule has 2 atom stereocenters. The average molecular weight is 302 g/mol. The summed E-state index contributed by atoms with van der Waals surface area (Å²) >= 11 is 1.33. The first kappa shape index (κ1) is 15.0. The van der Waals surface area contributed by atoms with Gasteiger partial charge in [-0.1, -0.05) is 6.92 Å². The standard InChI is InChI=1S/C13H22N2O2S2/c1-4-12-6-5-10(2)15(12)19(16,17)13-7-11(8-14-3)9-18-13/h7,9-10,12,14H,4-6,8H2,1-3H3. The first-order chi connectivity index (χ1) is 9.00. The van der Waals surface area contributed by atoms with Crippen molar-refractivity contribution in [2.75, 3.05) is 7.05 Å². The number of nitrogens with zero attached hydrogens (tertiary/aromatic N) is 1. The molecule has 1 saturated heterocycles. The molecule has 0 spiro atoms. The third kappa shape index (κ3) is 2.86. The van der Waals surface area contributed by atoms with Gasteiger partial charge in [0.2, 0.25) is 0 Å². The van der Waals surface area contributed by atoms with Crippen LogP contribution in [0.4, 0.5) is 0 Å². The van der Waals surface area contributed by atoms with Gasteiger partial charge in [0, 0.05) is 18.6 Å². The maximum absolute atomic E-state index is 12.7. The Bertz CT molecular complexity index is 525. The second-order valence-corrected chi connectivity index (χ2v) is 8.11. The zero-order valence-electron chi connectivity index (χ0n) is 11.7. The lowest BCUT2D eigenvalue weighted by Gasteiger charge is -2.26. The van der Waals surface area contributed by atoms with Gasteiger partial charge in [-0.3, -0.25) is 0 Å². The van der Waals surface area contributed by atoms with Crippen molar-refractivity contribution < 1.29 is 8.42 Å². The van der Waals surface area contributed by atoms with E-state index < -0.39 is 10.0 Å². The van der Waals surface area contributed by atoms with E-state index in [-0.39, 0.29) is 12.1 Å². The van der Waals surface area contributed by atoms with Gasteiger partial charge in [-0.25, -0.2) is 8.42 Å². The molecule has 0 aromatic carbocycles. The Hall–Kier alpha value is -0.430. The van der Waals surface area contributed by atoms with Crippen LogP contribution in [0.1, 0.15) is 38.7 Å². The summed E-state index contributed by atoms with van der Waals surface area (Å²) in [6.45, 7) is 4.78. The van der Waals surface area contributed by atoms with E-state index in [1.54, 1.807) is 10.4 Å². The number of hydrogen-bond acceptors (Lipinski definition) is 4. The molecule has 2 rings (SSSR count). The fourth-order valence-electron chi connectivity index (χ4n) is 2.75. The summed E-state index contributed by atoms with van der Waals surface area (Å²) in [5.74, 6) is 0. The molecule has 1 aromatic rings. The van der Waals surface area contributed by atoms with Crippen molar-refractivity contribution in [3.8, 4) is 0 Å². The fraction of sp³-hybridized carbons (Fsp3) is 0.692. The van der Waals surface area contributed by atoms with Crippen molar-refractivity contribution >= 4 is 21.4 Å². The van der Waals surface area contributed by atoms with Gasteiger partial charge in [0.05, 0.1) is 0 Å². The van der Waals surface area contributed by atoms with Gasteiger partial charge in [0.1, 0.15) is 4.21 Å². The molecule has 1 N–H and O–H groups in total. The van der Waals surface area contributed by atoms with E-state index in [0.29, 0.717) is 10.8 Å². The SMILES string of the molecule is CCC1CCC(C)N1S(=O)(=O)c1cc(CNC)cs1. The molecule has 1 aliphatic rings. The predicted octanol–water partition coefficient (Wildman–Crippen LogP) is 2.42. The highest BCUT2D eigenvalue weighted by Gasteiger charge is 2.39. The van der Waals surface area contributed by atoms with E-state index in [0.717, 1.165) is 24.8 Å². The van der Waals surface area contributed by atoms with E-state index in [2.05, 4.69) is 12.2 Å². The number of nitrogens with one attached hydrogen (secondary N) is 1. The molecular weight excluding hydrogens is 280 g/mol. The van der Waals surface area contributed by atoms with Gasteiger partial charge in [-0.2, -0.15) is 4.31 Å². The van der Waals surface area contributed by atoms with E-state index in [1.165, 1.54) is 11.3 Å². The molecule has 0 saturated carbocycles. The molecule has 6 heteroatoms. The van der Waals surface area contributed by atoms with Crippen LogP contribution in [0, 0.1) is 0 Å². The summed E-state index contributed by atoms with van der Waals surface area (Å²) in [6.07, 6.45) is 2.83. The summed E-state index contributed by atoms with van der Waals surface area (Å²) in [7, 11) is -1.46. The maximum Gasteiger partial charge on any atom is 0.253 e. The van der Waals surface area contributed by atoms with Crippen molar-refractivity contribution in [1.82, 2.24) is 9.62 Å². The van der Waals surface area contributed by atoms with Crippen LogP contribution in [0.15, 0.2) is 15.7 Å². The topological polar surface area (TPSA) is 49.4 Å². The van der Waals surface area contributed by atoms with Crippen LogP contribution in [0.2, 0.25) is 0 Å². The van der Waals surface area contributed by atoms with Crippen LogP contribution in [0.3, 0.4) is 0 Å². The van der Waals surface area contributed by atoms with E-state index in [9.17, 15) is 8.42 Å². The molecular formula is C13H22N2O2S2. The van der Waals surface area contributed by atoms with Crippen LogP contribution in [0.25, 0.3) is 0 Å². The third-order valence-electron chi connectivity index (χ3n) is 3.73. The average Bonchev–Trinajstić information content (AvgIpc) is 2.96. The van der Waals surface area contributed by atoms with Crippen molar-refractivity contribution in [2.45, 2.75) is 55.9 Å². The molecule has 1 fully saturated rings. The lowest BCUT2D eigenvalue weighted by atomic mass is 10.2. The third-order valence-corrected chi connectivity index (χ3v) is 7.26. The Morgan fingerprint density at radius 3 is 2.84 bits per heavy atom. The van der Waals surface area contributed by atoms with Crippen LogP contribution in [-0.4, -0.2) is 31.9 Å². The zero-order valence-corrected chi connectivity index (χ0v) is 13.4. The molecule has 2 heterocycles. The minimum absolute atomic E-state index is 0.116. The van der Waals surface area contributed by atoms with E-state index in [1.807, 2.05) is 19.4 Å². The van der Waals surface area contributed by atoms with E-state index >= 15 is 0 Å². The first-order valence-corrected chi connectivity index (χ1v) is 9.08. The van der Waals surface area contributed by atoms with Gasteiger partial charge < -0.3 is 5.32 Å². The highest BCUT2D eigenvalue weighted by atomic mass is 32.2. The molecule has 2 unspecified atom stereocenters. The van der Waals surface area contributed by atoms with Crippen molar-refractivity contribution in [3.63, 3.8) is 0 Å². The quantitative estimate of drug-likeness (QED) is 0.909. The molecule has 1 aliphatic heterocycles. The molecule has 1 aromatic heterocycles. The van der Waals surface area contributed by atoms with Crippen molar-refractivity contribution in [3.05, 3.63) is 17.0 Å². The van der Waals surface area contributed by atoms with Crippen molar-refractivity contribution in [1.29, 1.82) is 0 Å². The highest BCUT2D eigenvalue weighted by molar-refractivity contribution is 7.91. The predicted molar refractivity (Wildman–Crippen MR) is 78.9 cm³/mol. The van der Waals surface area contributed by atoms with Gasteiger partial charge in [0.15, 0.2) is 0 Å². The van der Waals surface area contributed by atoms with Gasteiger partial charge in [-0.15, -0.1) is 11.3 Å². The molecule has 19 heavy (non-hydrogen) atoms. The summed E-state index contributed by atoms with van der Waals surface area (Å²) in [6, 6.07) is 2.08. The van der Waals surface area contributed by atoms with Crippen LogP contribution >= 0.6 is 11.3 Å².